The first-order chi connectivity index (χ1) is 10.2. The second-order valence-corrected chi connectivity index (χ2v) is 5.69. The molecule has 0 radical (unpaired) electrons. The lowest BCUT2D eigenvalue weighted by Crippen LogP contribution is -2.39. The number of amides is 1. The van der Waals surface area contributed by atoms with Crippen LogP contribution in [0.1, 0.15) is 33.1 Å². The van der Waals surface area contributed by atoms with Crippen molar-refractivity contribution in [1.82, 2.24) is 4.90 Å². The molecule has 116 valence electrons. The van der Waals surface area contributed by atoms with Crippen LogP contribution in [0.4, 0.5) is 5.69 Å². The SMILES string of the molecule is CCOc1ccccc1NCCC(=O)N1CCCC(C)C1. The zero-order valence-corrected chi connectivity index (χ0v) is 13.1. The summed E-state index contributed by atoms with van der Waals surface area (Å²) in [7, 11) is 0. The van der Waals surface area contributed by atoms with Crippen molar-refractivity contribution in [2.75, 3.05) is 31.6 Å². The maximum atomic E-state index is 12.2. The van der Waals surface area contributed by atoms with E-state index in [4.69, 9.17) is 4.74 Å². The van der Waals surface area contributed by atoms with Crippen LogP contribution in [0.3, 0.4) is 0 Å². The number of hydrogen-bond donors (Lipinski definition) is 1. The van der Waals surface area contributed by atoms with E-state index in [9.17, 15) is 4.79 Å². The number of likely N-dealkylation sites (tertiary alicyclic amines) is 1. The van der Waals surface area contributed by atoms with Gasteiger partial charge in [-0.3, -0.25) is 4.79 Å². The number of piperidine rings is 1. The number of carbonyl (C=O) groups is 1. The highest BCUT2D eigenvalue weighted by atomic mass is 16.5. The Kier molecular flexibility index (Phi) is 5.90. The molecule has 2 rings (SSSR count). The Balaban J connectivity index is 1.80. The predicted molar refractivity (Wildman–Crippen MR) is 85.7 cm³/mol. The fourth-order valence-corrected chi connectivity index (χ4v) is 2.77. The average molecular weight is 290 g/mol. The van der Waals surface area contributed by atoms with Crippen molar-refractivity contribution in [2.24, 2.45) is 5.92 Å². The van der Waals surface area contributed by atoms with Crippen LogP contribution >= 0.6 is 0 Å². The van der Waals surface area contributed by atoms with E-state index >= 15 is 0 Å². The average Bonchev–Trinajstić information content (AvgIpc) is 2.49. The number of nitrogens with one attached hydrogen (secondary N) is 1. The molecule has 1 amide bonds. The molecule has 4 nitrogen and oxygen atoms in total. The number of nitrogens with zero attached hydrogens (tertiary/aromatic N) is 1. The Labute approximate surface area is 127 Å². The minimum Gasteiger partial charge on any atom is -0.492 e. The van der Waals surface area contributed by atoms with Gasteiger partial charge in [0.05, 0.1) is 12.3 Å². The van der Waals surface area contributed by atoms with Crippen molar-refractivity contribution in [3.8, 4) is 5.75 Å². The van der Waals surface area contributed by atoms with Gasteiger partial charge < -0.3 is 15.0 Å². The second kappa shape index (κ2) is 7.91. The summed E-state index contributed by atoms with van der Waals surface area (Å²) in [5.41, 5.74) is 0.958. The van der Waals surface area contributed by atoms with Gasteiger partial charge >= 0.3 is 0 Å². The first-order valence-electron chi connectivity index (χ1n) is 7.94. The normalized spacial score (nSPS) is 18.4. The summed E-state index contributed by atoms with van der Waals surface area (Å²) in [6.45, 7) is 7.30. The topological polar surface area (TPSA) is 41.6 Å². The summed E-state index contributed by atoms with van der Waals surface area (Å²) in [6.07, 6.45) is 2.91. The number of ether oxygens (including phenoxy) is 1. The molecule has 1 atom stereocenters. The maximum Gasteiger partial charge on any atom is 0.224 e. The van der Waals surface area contributed by atoms with E-state index in [0.717, 1.165) is 30.9 Å². The Morgan fingerprint density at radius 1 is 1.43 bits per heavy atom. The largest absolute Gasteiger partial charge is 0.492 e. The van der Waals surface area contributed by atoms with Crippen LogP contribution in [0.15, 0.2) is 24.3 Å². The lowest BCUT2D eigenvalue weighted by atomic mass is 10.00. The van der Waals surface area contributed by atoms with Gasteiger partial charge in [0.2, 0.25) is 5.91 Å². The summed E-state index contributed by atoms with van der Waals surface area (Å²) in [5.74, 6) is 1.73. The van der Waals surface area contributed by atoms with Gasteiger partial charge in [0.25, 0.3) is 0 Å². The Morgan fingerprint density at radius 2 is 2.24 bits per heavy atom. The third-order valence-electron chi connectivity index (χ3n) is 3.85. The highest BCUT2D eigenvalue weighted by Gasteiger charge is 2.20. The zero-order chi connectivity index (χ0) is 15.1. The van der Waals surface area contributed by atoms with Gasteiger partial charge in [-0.05, 0) is 37.8 Å². The molecule has 1 saturated heterocycles. The Hall–Kier alpha value is -1.71. The van der Waals surface area contributed by atoms with Crippen LogP contribution in [0, 0.1) is 5.92 Å². The Bertz CT molecular complexity index is 462. The second-order valence-electron chi connectivity index (χ2n) is 5.69. The van der Waals surface area contributed by atoms with Crippen LogP contribution < -0.4 is 10.1 Å². The third kappa shape index (κ3) is 4.66. The van der Waals surface area contributed by atoms with E-state index in [1.807, 2.05) is 36.1 Å². The molecule has 0 bridgehead atoms. The van der Waals surface area contributed by atoms with E-state index in [1.165, 1.54) is 6.42 Å². The highest BCUT2D eigenvalue weighted by Crippen LogP contribution is 2.23. The molecule has 1 unspecified atom stereocenters. The molecule has 0 spiro atoms. The maximum absolute atomic E-state index is 12.2. The van der Waals surface area contributed by atoms with Crippen molar-refractivity contribution < 1.29 is 9.53 Å². The molecule has 0 saturated carbocycles. The van der Waals surface area contributed by atoms with Gasteiger partial charge in [-0.15, -0.1) is 0 Å². The fourth-order valence-electron chi connectivity index (χ4n) is 2.77. The molecule has 1 aliphatic heterocycles. The van der Waals surface area contributed by atoms with Crippen LogP contribution in [-0.4, -0.2) is 37.0 Å². The number of benzene rings is 1. The first kappa shape index (κ1) is 15.7. The highest BCUT2D eigenvalue weighted by molar-refractivity contribution is 5.77. The van der Waals surface area contributed by atoms with E-state index in [0.29, 0.717) is 25.5 Å². The lowest BCUT2D eigenvalue weighted by Gasteiger charge is -2.31. The molecule has 0 aliphatic carbocycles. The van der Waals surface area contributed by atoms with Gasteiger partial charge in [-0.2, -0.15) is 0 Å². The summed E-state index contributed by atoms with van der Waals surface area (Å²) in [4.78, 5) is 14.2. The summed E-state index contributed by atoms with van der Waals surface area (Å²) >= 11 is 0. The van der Waals surface area contributed by atoms with Crippen LogP contribution in [0.5, 0.6) is 5.75 Å². The van der Waals surface area contributed by atoms with E-state index < -0.39 is 0 Å². The summed E-state index contributed by atoms with van der Waals surface area (Å²) in [5, 5.41) is 3.31. The van der Waals surface area contributed by atoms with Gasteiger partial charge in [-0.25, -0.2) is 0 Å². The first-order valence-corrected chi connectivity index (χ1v) is 7.94. The van der Waals surface area contributed by atoms with Crippen LogP contribution in [0.2, 0.25) is 0 Å². The van der Waals surface area contributed by atoms with Gasteiger partial charge in [-0.1, -0.05) is 19.1 Å². The van der Waals surface area contributed by atoms with Gasteiger partial charge in [0, 0.05) is 26.1 Å². The van der Waals surface area contributed by atoms with Crippen molar-refractivity contribution in [1.29, 1.82) is 0 Å². The monoisotopic (exact) mass is 290 g/mol. The molecular weight excluding hydrogens is 264 g/mol. The minimum absolute atomic E-state index is 0.253. The molecule has 1 heterocycles. The van der Waals surface area contributed by atoms with Gasteiger partial charge in [0.15, 0.2) is 0 Å². The van der Waals surface area contributed by atoms with Crippen molar-refractivity contribution in [3.05, 3.63) is 24.3 Å². The fraction of sp³-hybridized carbons (Fsp3) is 0.588. The number of para-hydroxylation sites is 2. The molecule has 1 aromatic carbocycles. The van der Waals surface area contributed by atoms with E-state index in [2.05, 4.69) is 12.2 Å². The number of carbonyl (C=O) groups excluding carboxylic acids is 1. The van der Waals surface area contributed by atoms with Crippen LogP contribution in [0.25, 0.3) is 0 Å². The van der Waals surface area contributed by atoms with Crippen molar-refractivity contribution >= 4 is 11.6 Å². The molecule has 1 aliphatic rings. The van der Waals surface area contributed by atoms with Crippen molar-refractivity contribution in [3.63, 3.8) is 0 Å². The molecule has 4 heteroatoms. The summed E-state index contributed by atoms with van der Waals surface area (Å²) in [6, 6.07) is 7.86. The van der Waals surface area contributed by atoms with Crippen LogP contribution in [-0.2, 0) is 4.79 Å². The number of rotatable bonds is 6. The number of anilines is 1. The predicted octanol–water partition coefficient (Wildman–Crippen LogP) is 3.15. The lowest BCUT2D eigenvalue weighted by molar-refractivity contribution is -0.132. The number of hydrogen-bond acceptors (Lipinski definition) is 3. The van der Waals surface area contributed by atoms with Gasteiger partial charge in [0.1, 0.15) is 5.75 Å². The van der Waals surface area contributed by atoms with E-state index in [1.54, 1.807) is 0 Å². The molecular formula is C17H26N2O2. The summed E-state index contributed by atoms with van der Waals surface area (Å²) < 4.78 is 5.57. The Morgan fingerprint density at radius 3 is 3.00 bits per heavy atom. The molecule has 0 aromatic heterocycles. The third-order valence-corrected chi connectivity index (χ3v) is 3.85. The molecule has 1 aromatic rings. The quantitative estimate of drug-likeness (QED) is 0.875. The molecule has 1 fully saturated rings. The molecule has 1 N–H and O–H groups in total. The minimum atomic E-state index is 0.253. The smallest absolute Gasteiger partial charge is 0.224 e. The molecule has 21 heavy (non-hydrogen) atoms. The zero-order valence-electron chi connectivity index (χ0n) is 13.1. The standard InChI is InChI=1S/C17H26N2O2/c1-3-21-16-9-5-4-8-15(16)18-11-10-17(20)19-12-6-7-14(2)13-19/h4-5,8-9,14,18H,3,6-7,10-13H2,1-2H3. The van der Waals surface area contributed by atoms with E-state index in [-0.39, 0.29) is 5.91 Å². The van der Waals surface area contributed by atoms with Crippen molar-refractivity contribution in [2.45, 2.75) is 33.1 Å².